The van der Waals surface area contributed by atoms with Crippen LogP contribution in [0.15, 0.2) is 46.9 Å². The van der Waals surface area contributed by atoms with Crippen LogP contribution in [0.2, 0.25) is 0 Å². The van der Waals surface area contributed by atoms with E-state index in [0.717, 1.165) is 12.0 Å². The van der Waals surface area contributed by atoms with Crippen molar-refractivity contribution in [2.45, 2.75) is 50.7 Å². The van der Waals surface area contributed by atoms with Crippen LogP contribution in [0.3, 0.4) is 0 Å². The van der Waals surface area contributed by atoms with E-state index in [9.17, 15) is 13.2 Å². The van der Waals surface area contributed by atoms with Crippen LogP contribution < -0.4 is 0 Å². The molecule has 0 heterocycles. The minimum absolute atomic E-state index is 0.207. The summed E-state index contributed by atoms with van der Waals surface area (Å²) in [5.41, 5.74) is 1.13. The average Bonchev–Trinajstić information content (AvgIpc) is 2.46. The molecule has 0 spiro atoms. The van der Waals surface area contributed by atoms with E-state index in [1.54, 1.807) is 25.1 Å². The molecule has 0 fully saturated rings. The number of rotatable bonds is 7. The second-order valence-electron chi connectivity index (χ2n) is 5.47. The molecule has 4 heteroatoms. The van der Waals surface area contributed by atoms with Gasteiger partial charge < -0.3 is 0 Å². The van der Waals surface area contributed by atoms with Crippen molar-refractivity contribution in [1.82, 2.24) is 0 Å². The van der Waals surface area contributed by atoms with E-state index >= 15 is 0 Å². The third-order valence-electron chi connectivity index (χ3n) is 3.60. The van der Waals surface area contributed by atoms with Gasteiger partial charge in [0.2, 0.25) is 0 Å². The highest BCUT2D eigenvalue weighted by Gasteiger charge is 2.32. The van der Waals surface area contributed by atoms with Crippen molar-refractivity contribution in [3.05, 3.63) is 42.0 Å². The van der Waals surface area contributed by atoms with Gasteiger partial charge in [-0.3, -0.25) is 4.79 Å². The van der Waals surface area contributed by atoms with Gasteiger partial charge in [-0.25, -0.2) is 8.42 Å². The van der Waals surface area contributed by atoms with Crippen molar-refractivity contribution in [1.29, 1.82) is 0 Å². The summed E-state index contributed by atoms with van der Waals surface area (Å²) in [6.07, 6.45) is 3.60. The molecule has 0 saturated carbocycles. The predicted molar refractivity (Wildman–Crippen MR) is 85.9 cm³/mol. The van der Waals surface area contributed by atoms with E-state index in [2.05, 4.69) is 6.08 Å². The lowest BCUT2D eigenvalue weighted by molar-refractivity contribution is -0.121. The Morgan fingerprint density at radius 3 is 2.29 bits per heavy atom. The number of benzene rings is 1. The molecule has 0 amide bonds. The van der Waals surface area contributed by atoms with Crippen LogP contribution in [0, 0.1) is 5.92 Å². The minimum Gasteiger partial charge on any atom is -0.298 e. The number of carbonyl (C=O) groups excluding carboxylic acids is 1. The molecule has 0 aliphatic carbocycles. The maximum atomic E-state index is 12.5. The molecule has 1 rings (SSSR count). The minimum atomic E-state index is -3.60. The number of allylic oxidation sites excluding steroid dienone is 2. The fourth-order valence-electron chi connectivity index (χ4n) is 2.38. The molecule has 0 bridgehead atoms. The predicted octanol–water partition coefficient (Wildman–Crippen LogP) is 3.80. The Bertz CT molecular complexity index is 600. The molecule has 0 aliphatic rings. The topological polar surface area (TPSA) is 51.2 Å². The standard InChI is InChI=1S/C17H24O3S/c1-5-9-13(2)12-14(3)17(18)15(4)21(19,20)16-10-7-6-8-11-16/h6-11,14-15H,5,12H2,1-4H3/t14-,15?/m1/s1. The van der Waals surface area contributed by atoms with E-state index in [0.29, 0.717) is 6.42 Å². The molecule has 0 aromatic heterocycles. The number of carbonyl (C=O) groups is 1. The Morgan fingerprint density at radius 2 is 1.76 bits per heavy atom. The highest BCUT2D eigenvalue weighted by atomic mass is 32.2. The maximum absolute atomic E-state index is 12.5. The van der Waals surface area contributed by atoms with Crippen LogP contribution >= 0.6 is 0 Å². The molecule has 116 valence electrons. The molecular weight excluding hydrogens is 284 g/mol. The van der Waals surface area contributed by atoms with Gasteiger partial charge in [0.15, 0.2) is 15.6 Å². The second kappa shape index (κ2) is 7.55. The van der Waals surface area contributed by atoms with Gasteiger partial charge in [0.05, 0.1) is 4.90 Å². The Kier molecular flexibility index (Phi) is 6.34. The van der Waals surface area contributed by atoms with Crippen LogP contribution in [0.5, 0.6) is 0 Å². The van der Waals surface area contributed by atoms with Crippen molar-refractivity contribution in [3.63, 3.8) is 0 Å². The average molecular weight is 308 g/mol. The number of hydrogen-bond acceptors (Lipinski definition) is 3. The Hall–Kier alpha value is -1.42. The number of ketones is 1. The summed E-state index contributed by atoms with van der Waals surface area (Å²) in [6.45, 7) is 7.30. The maximum Gasteiger partial charge on any atom is 0.188 e. The van der Waals surface area contributed by atoms with Crippen LogP contribution in [-0.4, -0.2) is 19.5 Å². The smallest absolute Gasteiger partial charge is 0.188 e. The Balaban J connectivity index is 2.90. The molecule has 0 saturated heterocycles. The summed E-state index contributed by atoms with van der Waals surface area (Å²) in [5, 5.41) is -1.01. The van der Waals surface area contributed by atoms with Gasteiger partial charge in [-0.1, -0.05) is 43.7 Å². The lowest BCUT2D eigenvalue weighted by atomic mass is 9.96. The second-order valence-corrected chi connectivity index (χ2v) is 7.74. The van der Waals surface area contributed by atoms with Crippen LogP contribution in [-0.2, 0) is 14.6 Å². The number of Topliss-reactive ketones (excluding diaryl/α,β-unsaturated/α-hetero) is 1. The van der Waals surface area contributed by atoms with Crippen molar-refractivity contribution in [2.24, 2.45) is 5.92 Å². The van der Waals surface area contributed by atoms with Gasteiger partial charge in [0, 0.05) is 5.92 Å². The Morgan fingerprint density at radius 1 is 1.19 bits per heavy atom. The first kappa shape index (κ1) is 17.6. The molecule has 0 N–H and O–H groups in total. The van der Waals surface area contributed by atoms with Gasteiger partial charge in [-0.05, 0) is 38.8 Å². The molecule has 1 aromatic rings. The monoisotopic (exact) mass is 308 g/mol. The third-order valence-corrected chi connectivity index (χ3v) is 5.70. The quantitative estimate of drug-likeness (QED) is 0.720. The molecular formula is C17H24O3S. The highest BCUT2D eigenvalue weighted by molar-refractivity contribution is 7.92. The van der Waals surface area contributed by atoms with Gasteiger partial charge in [-0.2, -0.15) is 0 Å². The van der Waals surface area contributed by atoms with Gasteiger partial charge >= 0.3 is 0 Å². The SMILES string of the molecule is CCC=C(C)C[C@@H](C)C(=O)C(C)S(=O)(=O)c1ccccc1. The zero-order chi connectivity index (χ0) is 16.0. The van der Waals surface area contributed by atoms with Gasteiger partial charge in [0.25, 0.3) is 0 Å². The first-order chi connectivity index (χ1) is 9.80. The third kappa shape index (κ3) is 4.53. The van der Waals surface area contributed by atoms with E-state index in [4.69, 9.17) is 0 Å². The summed E-state index contributed by atoms with van der Waals surface area (Å²) >= 11 is 0. The largest absolute Gasteiger partial charge is 0.298 e. The summed E-state index contributed by atoms with van der Waals surface area (Å²) in [6, 6.07) is 8.16. The lowest BCUT2D eigenvalue weighted by Crippen LogP contribution is -2.31. The van der Waals surface area contributed by atoms with Crippen LogP contribution in [0.4, 0.5) is 0 Å². The molecule has 1 aromatic carbocycles. The summed E-state index contributed by atoms with van der Waals surface area (Å²) < 4.78 is 24.9. The molecule has 0 aliphatic heterocycles. The van der Waals surface area contributed by atoms with Crippen molar-refractivity contribution < 1.29 is 13.2 Å². The van der Waals surface area contributed by atoms with Gasteiger partial charge in [-0.15, -0.1) is 0 Å². The van der Waals surface area contributed by atoms with E-state index in [1.807, 2.05) is 13.8 Å². The van der Waals surface area contributed by atoms with Crippen molar-refractivity contribution in [3.8, 4) is 0 Å². The summed E-state index contributed by atoms with van der Waals surface area (Å²) in [4.78, 5) is 12.6. The van der Waals surface area contributed by atoms with E-state index < -0.39 is 15.1 Å². The van der Waals surface area contributed by atoms with Crippen LogP contribution in [0.1, 0.15) is 40.5 Å². The zero-order valence-corrected chi connectivity index (χ0v) is 14.0. The lowest BCUT2D eigenvalue weighted by Gasteiger charge is -2.17. The summed E-state index contributed by atoms with van der Waals surface area (Å²) in [7, 11) is -3.60. The Labute approximate surface area is 128 Å². The van der Waals surface area contributed by atoms with Crippen molar-refractivity contribution >= 4 is 15.6 Å². The normalized spacial score (nSPS) is 15.5. The van der Waals surface area contributed by atoms with Gasteiger partial charge in [0.1, 0.15) is 5.25 Å². The first-order valence-corrected chi connectivity index (χ1v) is 8.83. The highest BCUT2D eigenvalue weighted by Crippen LogP contribution is 2.21. The molecule has 2 atom stereocenters. The first-order valence-electron chi connectivity index (χ1n) is 7.29. The molecule has 1 unspecified atom stereocenters. The fourth-order valence-corrected chi connectivity index (χ4v) is 3.87. The fraction of sp³-hybridized carbons (Fsp3) is 0.471. The van der Waals surface area contributed by atoms with Crippen LogP contribution in [0.25, 0.3) is 0 Å². The molecule has 0 radical (unpaired) electrons. The molecule has 3 nitrogen and oxygen atoms in total. The zero-order valence-electron chi connectivity index (χ0n) is 13.2. The number of sulfone groups is 1. The van der Waals surface area contributed by atoms with E-state index in [-0.39, 0.29) is 16.6 Å². The molecule has 21 heavy (non-hydrogen) atoms. The van der Waals surface area contributed by atoms with E-state index in [1.165, 1.54) is 19.1 Å². The summed E-state index contributed by atoms with van der Waals surface area (Å²) in [5.74, 6) is -0.510. The number of hydrogen-bond donors (Lipinski definition) is 0. The van der Waals surface area contributed by atoms with Crippen molar-refractivity contribution in [2.75, 3.05) is 0 Å².